The number of aromatic nitrogens is 2. The summed E-state index contributed by atoms with van der Waals surface area (Å²) in [7, 11) is 1.73. The number of aryl methyl sites for hydroxylation is 1. The van der Waals surface area contributed by atoms with Crippen molar-refractivity contribution in [2.24, 2.45) is 13.0 Å². The maximum absolute atomic E-state index is 11.2. The van der Waals surface area contributed by atoms with Gasteiger partial charge in [0.25, 0.3) is 5.56 Å². The molecule has 1 aromatic heterocycles. The van der Waals surface area contributed by atoms with E-state index in [-0.39, 0.29) is 23.9 Å². The zero-order chi connectivity index (χ0) is 10.7. The highest BCUT2D eigenvalue weighted by atomic mass is 16.2. The Morgan fingerprint density at radius 1 is 1.64 bits per heavy atom. The molecular weight excluding hydrogens is 182 g/mol. The van der Waals surface area contributed by atoms with Crippen LogP contribution in [0.15, 0.2) is 11.0 Å². The van der Waals surface area contributed by atoms with Crippen molar-refractivity contribution >= 4 is 5.91 Å². The monoisotopic (exact) mass is 197 g/mol. The van der Waals surface area contributed by atoms with Gasteiger partial charge in [-0.15, -0.1) is 0 Å². The lowest BCUT2D eigenvalue weighted by Gasteiger charge is -2.04. The first kappa shape index (κ1) is 10.6. The minimum absolute atomic E-state index is 0.0479. The first-order chi connectivity index (χ1) is 6.50. The molecule has 0 aliphatic rings. The van der Waals surface area contributed by atoms with E-state index in [9.17, 15) is 9.59 Å². The van der Waals surface area contributed by atoms with Crippen LogP contribution in [-0.2, 0) is 18.4 Å². The molecule has 1 rings (SSSR count). The molecule has 0 radical (unpaired) electrons. The van der Waals surface area contributed by atoms with Gasteiger partial charge in [0.2, 0.25) is 5.91 Å². The van der Waals surface area contributed by atoms with E-state index in [0.29, 0.717) is 5.56 Å². The summed E-state index contributed by atoms with van der Waals surface area (Å²) < 4.78 is 1.57. The Morgan fingerprint density at radius 2 is 2.29 bits per heavy atom. The lowest BCUT2D eigenvalue weighted by atomic mass is 10.2. The third-order valence-corrected chi connectivity index (χ3v) is 1.90. The Labute approximate surface area is 82.1 Å². The van der Waals surface area contributed by atoms with Gasteiger partial charge >= 0.3 is 0 Å². The van der Waals surface area contributed by atoms with Gasteiger partial charge in [0.15, 0.2) is 0 Å². The second kappa shape index (κ2) is 4.13. The molecule has 0 spiro atoms. The fourth-order valence-corrected chi connectivity index (χ4v) is 1.07. The van der Waals surface area contributed by atoms with Crippen LogP contribution in [0.1, 0.15) is 19.4 Å². The lowest BCUT2D eigenvalue weighted by molar-refractivity contribution is -0.124. The van der Waals surface area contributed by atoms with E-state index in [4.69, 9.17) is 0 Å². The van der Waals surface area contributed by atoms with Crippen molar-refractivity contribution in [1.29, 1.82) is 0 Å². The molecule has 0 aliphatic carbocycles. The number of rotatable bonds is 3. The van der Waals surface area contributed by atoms with Crippen LogP contribution in [-0.4, -0.2) is 15.7 Å². The van der Waals surface area contributed by atoms with Gasteiger partial charge < -0.3 is 5.32 Å². The Kier molecular flexibility index (Phi) is 3.11. The van der Waals surface area contributed by atoms with E-state index < -0.39 is 0 Å². The molecule has 2 N–H and O–H groups in total. The molecule has 0 unspecified atom stereocenters. The summed E-state index contributed by atoms with van der Waals surface area (Å²) in [4.78, 5) is 22.4. The molecule has 1 amide bonds. The van der Waals surface area contributed by atoms with E-state index in [0.717, 1.165) is 0 Å². The average molecular weight is 197 g/mol. The minimum Gasteiger partial charge on any atom is -0.352 e. The highest BCUT2D eigenvalue weighted by molar-refractivity contribution is 5.77. The standard InChI is InChI=1S/C9H15N3O2/c1-6(2)8(13)10-4-7-5-12(3)11-9(7)14/h5-6H,4H2,1-3H3,(H,10,13)(H,11,14). The van der Waals surface area contributed by atoms with Gasteiger partial charge in [-0.3, -0.25) is 19.4 Å². The van der Waals surface area contributed by atoms with E-state index >= 15 is 0 Å². The van der Waals surface area contributed by atoms with Crippen molar-refractivity contribution < 1.29 is 4.79 Å². The Hall–Kier alpha value is -1.52. The molecule has 0 aliphatic heterocycles. The predicted octanol–water partition coefficient (Wildman–Crippen LogP) is -0.0144. The fraction of sp³-hybridized carbons (Fsp3) is 0.556. The predicted molar refractivity (Wildman–Crippen MR) is 52.7 cm³/mol. The largest absolute Gasteiger partial charge is 0.352 e. The van der Waals surface area contributed by atoms with Crippen LogP contribution in [0.2, 0.25) is 0 Å². The second-order valence-corrected chi connectivity index (χ2v) is 3.58. The number of amides is 1. The molecule has 1 aromatic rings. The normalized spacial score (nSPS) is 10.6. The molecule has 78 valence electrons. The zero-order valence-electron chi connectivity index (χ0n) is 8.63. The van der Waals surface area contributed by atoms with Crippen LogP contribution in [0.25, 0.3) is 0 Å². The summed E-state index contributed by atoms with van der Waals surface area (Å²) in [6, 6.07) is 0. The summed E-state index contributed by atoms with van der Waals surface area (Å²) in [5.41, 5.74) is 0.415. The summed E-state index contributed by atoms with van der Waals surface area (Å²) >= 11 is 0. The third kappa shape index (κ3) is 2.48. The van der Waals surface area contributed by atoms with Gasteiger partial charge in [-0.25, -0.2) is 0 Å². The maximum Gasteiger partial charge on any atom is 0.269 e. The Morgan fingerprint density at radius 3 is 2.71 bits per heavy atom. The summed E-state index contributed by atoms with van der Waals surface area (Å²) in [6.45, 7) is 3.91. The van der Waals surface area contributed by atoms with Crippen LogP contribution in [0.4, 0.5) is 0 Å². The fourth-order valence-electron chi connectivity index (χ4n) is 1.07. The van der Waals surface area contributed by atoms with Gasteiger partial charge in [-0.05, 0) is 0 Å². The number of carbonyl (C=O) groups is 1. The molecule has 0 saturated carbocycles. The van der Waals surface area contributed by atoms with Gasteiger partial charge in [-0.1, -0.05) is 13.8 Å². The van der Waals surface area contributed by atoms with Gasteiger partial charge in [0.1, 0.15) is 0 Å². The lowest BCUT2D eigenvalue weighted by Crippen LogP contribution is -2.28. The molecule has 0 fully saturated rings. The number of nitrogens with zero attached hydrogens (tertiary/aromatic N) is 1. The van der Waals surface area contributed by atoms with Crippen molar-refractivity contribution in [1.82, 2.24) is 15.1 Å². The van der Waals surface area contributed by atoms with E-state index in [1.807, 2.05) is 13.8 Å². The molecule has 14 heavy (non-hydrogen) atoms. The van der Waals surface area contributed by atoms with E-state index in [1.165, 1.54) is 0 Å². The molecular formula is C9H15N3O2. The van der Waals surface area contributed by atoms with Crippen LogP contribution in [0, 0.1) is 5.92 Å². The van der Waals surface area contributed by atoms with Crippen LogP contribution in [0.5, 0.6) is 0 Å². The topological polar surface area (TPSA) is 66.9 Å². The van der Waals surface area contributed by atoms with Crippen molar-refractivity contribution in [2.75, 3.05) is 0 Å². The van der Waals surface area contributed by atoms with Gasteiger partial charge in [0, 0.05) is 25.7 Å². The Balaban J connectivity index is 2.58. The highest BCUT2D eigenvalue weighted by Gasteiger charge is 2.08. The molecule has 0 saturated heterocycles. The van der Waals surface area contributed by atoms with Gasteiger partial charge in [0.05, 0.1) is 5.56 Å². The molecule has 1 heterocycles. The number of H-pyrrole nitrogens is 1. The van der Waals surface area contributed by atoms with Gasteiger partial charge in [-0.2, -0.15) is 0 Å². The first-order valence-corrected chi connectivity index (χ1v) is 4.53. The summed E-state index contributed by atoms with van der Waals surface area (Å²) in [6.07, 6.45) is 1.67. The van der Waals surface area contributed by atoms with Crippen LogP contribution in [0.3, 0.4) is 0 Å². The molecule has 5 heteroatoms. The number of aromatic amines is 1. The number of hydrogen-bond donors (Lipinski definition) is 2. The highest BCUT2D eigenvalue weighted by Crippen LogP contribution is 1.93. The SMILES string of the molecule is CC(C)C(=O)NCc1cn(C)[nH]c1=O. The van der Waals surface area contributed by atoms with E-state index in [2.05, 4.69) is 10.4 Å². The number of hydrogen-bond acceptors (Lipinski definition) is 2. The van der Waals surface area contributed by atoms with Crippen molar-refractivity contribution in [2.45, 2.75) is 20.4 Å². The smallest absolute Gasteiger partial charge is 0.269 e. The zero-order valence-corrected chi connectivity index (χ0v) is 8.63. The Bertz CT molecular complexity index is 376. The van der Waals surface area contributed by atoms with Crippen molar-refractivity contribution in [3.05, 3.63) is 22.1 Å². The molecule has 0 bridgehead atoms. The number of nitrogens with one attached hydrogen (secondary N) is 2. The van der Waals surface area contributed by atoms with Crippen LogP contribution < -0.4 is 10.9 Å². The molecule has 0 aromatic carbocycles. The number of carbonyl (C=O) groups excluding carboxylic acids is 1. The molecule has 0 atom stereocenters. The quantitative estimate of drug-likeness (QED) is 0.715. The van der Waals surface area contributed by atoms with Crippen molar-refractivity contribution in [3.8, 4) is 0 Å². The maximum atomic E-state index is 11.2. The summed E-state index contributed by atoms with van der Waals surface area (Å²) in [5, 5.41) is 5.25. The average Bonchev–Trinajstić information content (AvgIpc) is 2.40. The third-order valence-electron chi connectivity index (χ3n) is 1.90. The minimum atomic E-state index is -0.156. The van der Waals surface area contributed by atoms with E-state index in [1.54, 1.807) is 17.9 Å². The summed E-state index contributed by atoms with van der Waals surface area (Å²) in [5.74, 6) is -0.106. The molecule has 5 nitrogen and oxygen atoms in total. The second-order valence-electron chi connectivity index (χ2n) is 3.58. The first-order valence-electron chi connectivity index (χ1n) is 4.53. The van der Waals surface area contributed by atoms with Crippen molar-refractivity contribution in [3.63, 3.8) is 0 Å². The van der Waals surface area contributed by atoms with Crippen LogP contribution >= 0.6 is 0 Å².